The van der Waals surface area contributed by atoms with Crippen molar-refractivity contribution < 1.29 is 17.9 Å². The number of nitrogens with two attached hydrogens (primary N) is 1. The number of nitrogen functional groups attached to an aromatic ring is 1. The molecule has 0 fully saturated rings. The van der Waals surface area contributed by atoms with Gasteiger partial charge in [0.2, 0.25) is 0 Å². The number of anilines is 1. The van der Waals surface area contributed by atoms with Crippen molar-refractivity contribution in [2.75, 3.05) is 38.4 Å². The summed E-state index contributed by atoms with van der Waals surface area (Å²) in [4.78, 5) is 0.162. The van der Waals surface area contributed by atoms with E-state index in [9.17, 15) is 8.42 Å². The van der Waals surface area contributed by atoms with Crippen molar-refractivity contribution in [3.63, 3.8) is 0 Å². The van der Waals surface area contributed by atoms with Crippen LogP contribution in [-0.4, -0.2) is 41.1 Å². The molecule has 0 saturated heterocycles. The zero-order chi connectivity index (χ0) is 12.7. The lowest BCUT2D eigenvalue weighted by atomic mass is 10.3. The summed E-state index contributed by atoms with van der Waals surface area (Å²) in [7, 11) is -1.81. The Bertz CT molecular complexity index is 445. The van der Waals surface area contributed by atoms with Crippen LogP contribution in [0.1, 0.15) is 0 Å². The van der Waals surface area contributed by atoms with E-state index in [1.165, 1.54) is 6.07 Å². The van der Waals surface area contributed by atoms with Crippen molar-refractivity contribution >= 4 is 15.5 Å². The number of rotatable bonds is 7. The number of benzene rings is 1. The number of sulfone groups is 1. The first-order chi connectivity index (χ1) is 8.08. The Labute approximate surface area is 101 Å². The predicted molar refractivity (Wildman–Crippen MR) is 65.6 cm³/mol. The minimum Gasteiger partial charge on any atom is -0.398 e. The maximum atomic E-state index is 11.9. The van der Waals surface area contributed by atoms with E-state index < -0.39 is 9.84 Å². The van der Waals surface area contributed by atoms with Crippen LogP contribution in [0.15, 0.2) is 29.2 Å². The van der Waals surface area contributed by atoms with Gasteiger partial charge < -0.3 is 15.2 Å². The molecule has 6 heteroatoms. The summed E-state index contributed by atoms with van der Waals surface area (Å²) in [5.74, 6) is -0.0784. The lowest BCUT2D eigenvalue weighted by Gasteiger charge is -2.07. The minimum atomic E-state index is -3.37. The van der Waals surface area contributed by atoms with Crippen LogP contribution >= 0.6 is 0 Å². The fourth-order valence-electron chi connectivity index (χ4n) is 1.29. The van der Waals surface area contributed by atoms with Crippen LogP contribution in [0.4, 0.5) is 5.69 Å². The number of methoxy groups -OCH3 is 1. The monoisotopic (exact) mass is 259 g/mol. The van der Waals surface area contributed by atoms with E-state index in [1.54, 1.807) is 25.3 Å². The van der Waals surface area contributed by atoms with Crippen LogP contribution in [0, 0.1) is 0 Å². The molecule has 0 saturated carbocycles. The van der Waals surface area contributed by atoms with E-state index in [1.807, 2.05) is 0 Å². The third-order valence-electron chi connectivity index (χ3n) is 2.18. The van der Waals surface area contributed by atoms with Crippen molar-refractivity contribution in [3.05, 3.63) is 24.3 Å². The highest BCUT2D eigenvalue weighted by Crippen LogP contribution is 2.18. The smallest absolute Gasteiger partial charge is 0.182 e. The molecule has 17 heavy (non-hydrogen) atoms. The van der Waals surface area contributed by atoms with Gasteiger partial charge in [-0.1, -0.05) is 12.1 Å². The molecule has 0 atom stereocenters. The Morgan fingerprint density at radius 3 is 2.53 bits per heavy atom. The number of hydrogen-bond acceptors (Lipinski definition) is 5. The van der Waals surface area contributed by atoms with Crippen molar-refractivity contribution in [1.82, 2.24) is 0 Å². The summed E-state index contributed by atoms with van der Waals surface area (Å²) in [5.41, 5.74) is 5.89. The first kappa shape index (κ1) is 14.0. The molecule has 1 rings (SSSR count). The second-order valence-corrected chi connectivity index (χ2v) is 5.54. The molecule has 0 aliphatic heterocycles. The van der Waals surface area contributed by atoms with Gasteiger partial charge in [0.05, 0.1) is 36.2 Å². The van der Waals surface area contributed by atoms with Gasteiger partial charge in [-0.15, -0.1) is 0 Å². The number of para-hydroxylation sites is 1. The van der Waals surface area contributed by atoms with Gasteiger partial charge in [0.25, 0.3) is 0 Å². The van der Waals surface area contributed by atoms with Crippen LogP contribution in [0.5, 0.6) is 0 Å². The fourth-order valence-corrected chi connectivity index (χ4v) is 2.56. The van der Waals surface area contributed by atoms with E-state index in [0.717, 1.165) is 0 Å². The van der Waals surface area contributed by atoms with Crippen molar-refractivity contribution in [2.24, 2.45) is 0 Å². The van der Waals surface area contributed by atoms with Gasteiger partial charge in [-0.25, -0.2) is 8.42 Å². The molecule has 1 aromatic rings. The largest absolute Gasteiger partial charge is 0.398 e. The Morgan fingerprint density at radius 1 is 1.18 bits per heavy atom. The van der Waals surface area contributed by atoms with Gasteiger partial charge in [-0.3, -0.25) is 0 Å². The molecule has 2 N–H and O–H groups in total. The Morgan fingerprint density at radius 2 is 1.88 bits per heavy atom. The third kappa shape index (κ3) is 4.33. The molecule has 0 aliphatic rings. The Hall–Kier alpha value is -1.11. The topological polar surface area (TPSA) is 78.6 Å². The van der Waals surface area contributed by atoms with Crippen molar-refractivity contribution in [2.45, 2.75) is 4.90 Å². The summed E-state index contributed by atoms with van der Waals surface area (Å²) in [6, 6.07) is 6.41. The molecule has 5 nitrogen and oxygen atoms in total. The summed E-state index contributed by atoms with van der Waals surface area (Å²) < 4.78 is 33.7. The summed E-state index contributed by atoms with van der Waals surface area (Å²) >= 11 is 0. The molecule has 0 bridgehead atoms. The van der Waals surface area contributed by atoms with E-state index >= 15 is 0 Å². The molecule has 0 amide bonds. The fraction of sp³-hybridized carbons (Fsp3) is 0.455. The lowest BCUT2D eigenvalue weighted by Crippen LogP contribution is -2.15. The number of ether oxygens (including phenoxy) is 2. The van der Waals surface area contributed by atoms with E-state index in [2.05, 4.69) is 0 Å². The van der Waals surface area contributed by atoms with Crippen LogP contribution in [0.3, 0.4) is 0 Å². The van der Waals surface area contributed by atoms with Crippen molar-refractivity contribution in [1.29, 1.82) is 0 Å². The molecule has 0 heterocycles. The van der Waals surface area contributed by atoms with Crippen LogP contribution in [0.25, 0.3) is 0 Å². The zero-order valence-corrected chi connectivity index (χ0v) is 10.6. The van der Waals surface area contributed by atoms with Gasteiger partial charge >= 0.3 is 0 Å². The average molecular weight is 259 g/mol. The molecular weight excluding hydrogens is 242 g/mol. The van der Waals surface area contributed by atoms with Gasteiger partial charge in [0.15, 0.2) is 9.84 Å². The number of hydrogen-bond donors (Lipinski definition) is 1. The highest BCUT2D eigenvalue weighted by atomic mass is 32.2. The maximum absolute atomic E-state index is 11.9. The van der Waals surface area contributed by atoms with E-state index in [0.29, 0.717) is 13.2 Å². The average Bonchev–Trinajstić information content (AvgIpc) is 2.29. The minimum absolute atomic E-state index is 0.0784. The second kappa shape index (κ2) is 6.58. The molecule has 0 radical (unpaired) electrons. The molecule has 0 aliphatic carbocycles. The zero-order valence-electron chi connectivity index (χ0n) is 9.76. The molecule has 0 aromatic heterocycles. The first-order valence-electron chi connectivity index (χ1n) is 5.22. The van der Waals surface area contributed by atoms with Gasteiger partial charge in [0.1, 0.15) is 0 Å². The van der Waals surface area contributed by atoms with Gasteiger partial charge in [-0.05, 0) is 12.1 Å². The van der Waals surface area contributed by atoms with E-state index in [-0.39, 0.29) is 22.9 Å². The molecular formula is C11H17NO4S. The third-order valence-corrected chi connectivity index (χ3v) is 3.93. The quantitative estimate of drug-likeness (QED) is 0.576. The molecule has 96 valence electrons. The van der Waals surface area contributed by atoms with Crippen LogP contribution < -0.4 is 5.73 Å². The SMILES string of the molecule is COCCOCCS(=O)(=O)c1ccccc1N. The van der Waals surface area contributed by atoms with Crippen molar-refractivity contribution in [3.8, 4) is 0 Å². The van der Waals surface area contributed by atoms with Crippen LogP contribution in [-0.2, 0) is 19.3 Å². The highest BCUT2D eigenvalue weighted by Gasteiger charge is 2.16. The van der Waals surface area contributed by atoms with Gasteiger partial charge in [-0.2, -0.15) is 0 Å². The maximum Gasteiger partial charge on any atom is 0.182 e. The van der Waals surface area contributed by atoms with Gasteiger partial charge in [0, 0.05) is 7.11 Å². The molecule has 1 aromatic carbocycles. The first-order valence-corrected chi connectivity index (χ1v) is 6.87. The van der Waals surface area contributed by atoms with E-state index in [4.69, 9.17) is 15.2 Å². The Kier molecular flexibility index (Phi) is 5.40. The Balaban J connectivity index is 2.55. The summed E-state index contributed by atoms with van der Waals surface area (Å²) in [5, 5.41) is 0. The molecule has 0 spiro atoms. The highest BCUT2D eigenvalue weighted by molar-refractivity contribution is 7.91. The normalized spacial score (nSPS) is 11.6. The summed E-state index contributed by atoms with van der Waals surface area (Å²) in [6.07, 6.45) is 0. The predicted octanol–water partition coefficient (Wildman–Crippen LogP) is 0.706. The summed E-state index contributed by atoms with van der Waals surface area (Å²) in [6.45, 7) is 0.976. The lowest BCUT2D eigenvalue weighted by molar-refractivity contribution is 0.0785. The van der Waals surface area contributed by atoms with Crippen LogP contribution in [0.2, 0.25) is 0 Å². The second-order valence-electron chi connectivity index (χ2n) is 3.46. The molecule has 0 unspecified atom stereocenters. The standard InChI is InChI=1S/C11H17NO4S/c1-15-6-7-16-8-9-17(13,14)11-5-3-2-4-10(11)12/h2-5H,6-9,12H2,1H3.